The maximum absolute atomic E-state index is 12.6. The summed E-state index contributed by atoms with van der Waals surface area (Å²) in [4.78, 5) is 18.9. The highest BCUT2D eigenvalue weighted by atomic mass is 16.5. The normalized spacial score (nSPS) is 22.2. The van der Waals surface area contributed by atoms with E-state index in [0.717, 1.165) is 30.1 Å². The van der Waals surface area contributed by atoms with Crippen LogP contribution in [0.25, 0.3) is 11.0 Å². The summed E-state index contributed by atoms with van der Waals surface area (Å²) in [7, 11) is 0. The second kappa shape index (κ2) is 4.57. The molecule has 0 saturated carbocycles. The van der Waals surface area contributed by atoms with Crippen LogP contribution in [0.1, 0.15) is 0 Å². The molecule has 0 aliphatic carbocycles. The van der Waals surface area contributed by atoms with E-state index < -0.39 is 0 Å². The lowest BCUT2D eigenvalue weighted by Gasteiger charge is -2.26. The lowest BCUT2D eigenvalue weighted by molar-refractivity contribution is -0.123. The van der Waals surface area contributed by atoms with Gasteiger partial charge in [-0.1, -0.05) is 12.1 Å². The Hall–Kier alpha value is -1.92. The standard InChI is InChI=1S/C14H16N4O2/c19-13(11-9-20-8-5-15-11)18-7-6-17-12-4-2-1-3-10(12)16-14(17)18/h1-4,11,15H,5-9H2. The number of nitrogens with zero attached hydrogens (tertiary/aromatic N) is 3. The quantitative estimate of drug-likeness (QED) is 0.815. The molecule has 0 radical (unpaired) electrons. The maximum atomic E-state index is 12.6. The molecule has 104 valence electrons. The second-order valence-corrected chi connectivity index (χ2v) is 5.12. The summed E-state index contributed by atoms with van der Waals surface area (Å²) in [6.07, 6.45) is 0. The van der Waals surface area contributed by atoms with Gasteiger partial charge in [-0.05, 0) is 12.1 Å². The number of hydrogen-bond acceptors (Lipinski definition) is 4. The summed E-state index contributed by atoms with van der Waals surface area (Å²) < 4.78 is 7.48. The molecule has 6 nitrogen and oxygen atoms in total. The lowest BCUT2D eigenvalue weighted by Crippen LogP contribution is -2.52. The first-order valence-corrected chi connectivity index (χ1v) is 6.92. The molecule has 1 saturated heterocycles. The Labute approximate surface area is 116 Å². The van der Waals surface area contributed by atoms with Crippen LogP contribution in [0.3, 0.4) is 0 Å². The molecule has 1 aromatic carbocycles. The van der Waals surface area contributed by atoms with E-state index in [1.807, 2.05) is 24.3 Å². The fraction of sp³-hybridized carbons (Fsp3) is 0.429. The van der Waals surface area contributed by atoms with E-state index in [9.17, 15) is 4.79 Å². The van der Waals surface area contributed by atoms with Crippen LogP contribution >= 0.6 is 0 Å². The van der Waals surface area contributed by atoms with E-state index >= 15 is 0 Å². The lowest BCUT2D eigenvalue weighted by atomic mass is 10.2. The monoisotopic (exact) mass is 272 g/mol. The van der Waals surface area contributed by atoms with Gasteiger partial charge in [-0.3, -0.25) is 9.69 Å². The number of fused-ring (bicyclic) bond motifs is 3. The number of hydrogen-bond donors (Lipinski definition) is 1. The molecule has 3 heterocycles. The Morgan fingerprint density at radius 3 is 3.10 bits per heavy atom. The predicted molar refractivity (Wildman–Crippen MR) is 74.7 cm³/mol. The van der Waals surface area contributed by atoms with Gasteiger partial charge in [-0.25, -0.2) is 4.98 Å². The number of ether oxygens (including phenoxy) is 1. The molecule has 20 heavy (non-hydrogen) atoms. The molecule has 2 aromatic rings. The first kappa shape index (κ1) is 11.9. The highest BCUT2D eigenvalue weighted by Gasteiger charge is 2.33. The molecule has 1 atom stereocenters. The Morgan fingerprint density at radius 1 is 1.35 bits per heavy atom. The van der Waals surface area contributed by atoms with Crippen LogP contribution in [0.5, 0.6) is 0 Å². The van der Waals surface area contributed by atoms with E-state index in [1.165, 1.54) is 0 Å². The molecule has 1 unspecified atom stereocenters. The Balaban J connectivity index is 1.68. The first-order chi connectivity index (χ1) is 9.84. The molecular weight excluding hydrogens is 256 g/mol. The fourth-order valence-electron chi connectivity index (χ4n) is 2.91. The van der Waals surface area contributed by atoms with Gasteiger partial charge in [0.2, 0.25) is 11.9 Å². The number of imidazole rings is 1. The van der Waals surface area contributed by atoms with Crippen LogP contribution < -0.4 is 10.2 Å². The molecule has 0 spiro atoms. The molecule has 6 heteroatoms. The van der Waals surface area contributed by atoms with Crippen molar-refractivity contribution in [3.05, 3.63) is 24.3 Å². The fourth-order valence-corrected chi connectivity index (χ4v) is 2.91. The third-order valence-electron chi connectivity index (χ3n) is 3.91. The summed E-state index contributed by atoms with van der Waals surface area (Å²) >= 11 is 0. The average molecular weight is 272 g/mol. The van der Waals surface area contributed by atoms with Gasteiger partial charge in [0.05, 0.1) is 24.2 Å². The summed E-state index contributed by atoms with van der Waals surface area (Å²) in [5.41, 5.74) is 2.03. The van der Waals surface area contributed by atoms with Crippen LogP contribution in [0.2, 0.25) is 0 Å². The van der Waals surface area contributed by atoms with Gasteiger partial charge in [0.25, 0.3) is 0 Å². The number of para-hydroxylation sites is 2. The molecule has 2 aliphatic rings. The molecule has 1 amide bonds. The van der Waals surface area contributed by atoms with Gasteiger partial charge in [-0.15, -0.1) is 0 Å². The number of anilines is 1. The highest BCUT2D eigenvalue weighted by molar-refractivity contribution is 5.98. The second-order valence-electron chi connectivity index (χ2n) is 5.12. The third kappa shape index (κ3) is 1.72. The van der Waals surface area contributed by atoms with E-state index in [2.05, 4.69) is 14.9 Å². The summed E-state index contributed by atoms with van der Waals surface area (Å²) in [5, 5.41) is 3.21. The van der Waals surface area contributed by atoms with Gasteiger partial charge >= 0.3 is 0 Å². The van der Waals surface area contributed by atoms with Crippen molar-refractivity contribution in [3.8, 4) is 0 Å². The van der Waals surface area contributed by atoms with E-state index in [0.29, 0.717) is 19.8 Å². The van der Waals surface area contributed by atoms with Crippen molar-refractivity contribution in [2.45, 2.75) is 12.6 Å². The van der Waals surface area contributed by atoms with Crippen molar-refractivity contribution >= 4 is 22.9 Å². The number of nitrogens with one attached hydrogen (secondary N) is 1. The molecule has 1 N–H and O–H groups in total. The zero-order valence-corrected chi connectivity index (χ0v) is 11.1. The first-order valence-electron chi connectivity index (χ1n) is 6.92. The number of aromatic nitrogens is 2. The molecule has 4 rings (SSSR count). The van der Waals surface area contributed by atoms with E-state index in [4.69, 9.17) is 4.74 Å². The van der Waals surface area contributed by atoms with Crippen molar-refractivity contribution in [1.82, 2.24) is 14.9 Å². The van der Waals surface area contributed by atoms with E-state index in [1.54, 1.807) is 4.90 Å². The zero-order valence-electron chi connectivity index (χ0n) is 11.1. The Kier molecular flexibility index (Phi) is 2.71. The minimum Gasteiger partial charge on any atom is -0.378 e. The Morgan fingerprint density at radius 2 is 2.25 bits per heavy atom. The van der Waals surface area contributed by atoms with Gasteiger partial charge in [0, 0.05) is 19.6 Å². The zero-order chi connectivity index (χ0) is 13.5. The maximum Gasteiger partial charge on any atom is 0.248 e. The van der Waals surface area contributed by atoms with Crippen LogP contribution in [-0.4, -0.2) is 47.8 Å². The largest absolute Gasteiger partial charge is 0.378 e. The number of carbonyl (C=O) groups excluding carboxylic acids is 1. The predicted octanol–water partition coefficient (Wildman–Crippen LogP) is 0.371. The summed E-state index contributed by atoms with van der Waals surface area (Å²) in [6.45, 7) is 3.32. The van der Waals surface area contributed by atoms with Crippen molar-refractivity contribution in [3.63, 3.8) is 0 Å². The van der Waals surface area contributed by atoms with Gasteiger partial charge in [0.1, 0.15) is 6.04 Å². The number of benzene rings is 1. The average Bonchev–Trinajstić information content (AvgIpc) is 3.06. The SMILES string of the molecule is O=C(C1COCCN1)N1CCn2c1nc1ccccc12. The number of amides is 1. The number of rotatable bonds is 1. The Bertz CT molecular complexity index is 660. The molecular formula is C14H16N4O2. The van der Waals surface area contributed by atoms with Crippen molar-refractivity contribution in [1.29, 1.82) is 0 Å². The van der Waals surface area contributed by atoms with Crippen LogP contribution in [0.15, 0.2) is 24.3 Å². The number of morpholine rings is 1. The third-order valence-corrected chi connectivity index (χ3v) is 3.91. The molecule has 1 aromatic heterocycles. The highest BCUT2D eigenvalue weighted by Crippen LogP contribution is 2.27. The van der Waals surface area contributed by atoms with Crippen LogP contribution in [0.4, 0.5) is 5.95 Å². The topological polar surface area (TPSA) is 59.4 Å². The van der Waals surface area contributed by atoms with Gasteiger partial charge in [0.15, 0.2) is 0 Å². The molecule has 0 bridgehead atoms. The van der Waals surface area contributed by atoms with Crippen molar-refractivity contribution in [2.75, 3.05) is 31.2 Å². The summed E-state index contributed by atoms with van der Waals surface area (Å²) in [5.74, 6) is 0.808. The van der Waals surface area contributed by atoms with E-state index in [-0.39, 0.29) is 11.9 Å². The van der Waals surface area contributed by atoms with Crippen LogP contribution in [0, 0.1) is 0 Å². The molecule has 1 fully saturated rings. The van der Waals surface area contributed by atoms with Gasteiger partial charge in [-0.2, -0.15) is 0 Å². The van der Waals surface area contributed by atoms with Crippen molar-refractivity contribution in [2.24, 2.45) is 0 Å². The number of carbonyl (C=O) groups is 1. The summed E-state index contributed by atoms with van der Waals surface area (Å²) in [6, 6.07) is 7.73. The molecule has 2 aliphatic heterocycles. The smallest absolute Gasteiger partial charge is 0.248 e. The van der Waals surface area contributed by atoms with Gasteiger partial charge < -0.3 is 14.6 Å². The minimum atomic E-state index is -0.255. The van der Waals surface area contributed by atoms with Crippen LogP contribution in [-0.2, 0) is 16.1 Å². The minimum absolute atomic E-state index is 0.0544. The van der Waals surface area contributed by atoms with Crippen molar-refractivity contribution < 1.29 is 9.53 Å².